The SMILES string of the molecule is CCOC(=O)CCN(C)C(=O)Cc1c(F)cccc1F. The van der Waals surface area contributed by atoms with Crippen molar-refractivity contribution in [2.45, 2.75) is 19.8 Å². The fourth-order valence-corrected chi connectivity index (χ4v) is 1.60. The van der Waals surface area contributed by atoms with E-state index in [1.807, 2.05) is 0 Å². The van der Waals surface area contributed by atoms with Gasteiger partial charge in [-0.2, -0.15) is 0 Å². The first-order chi connectivity index (χ1) is 9.45. The molecule has 0 aliphatic carbocycles. The molecule has 0 atom stereocenters. The number of hydrogen-bond donors (Lipinski definition) is 0. The van der Waals surface area contributed by atoms with Gasteiger partial charge in [-0.05, 0) is 19.1 Å². The van der Waals surface area contributed by atoms with Crippen LogP contribution in [0.25, 0.3) is 0 Å². The smallest absolute Gasteiger partial charge is 0.307 e. The van der Waals surface area contributed by atoms with Gasteiger partial charge in [-0.15, -0.1) is 0 Å². The van der Waals surface area contributed by atoms with Gasteiger partial charge in [0.25, 0.3) is 0 Å². The lowest BCUT2D eigenvalue weighted by atomic mass is 10.1. The first kappa shape index (κ1) is 16.1. The van der Waals surface area contributed by atoms with Crippen LogP contribution in [0.15, 0.2) is 18.2 Å². The molecule has 0 aliphatic rings. The lowest BCUT2D eigenvalue weighted by Gasteiger charge is -2.17. The van der Waals surface area contributed by atoms with Crippen molar-refractivity contribution in [1.82, 2.24) is 4.90 Å². The zero-order valence-electron chi connectivity index (χ0n) is 11.5. The minimum atomic E-state index is -0.753. The van der Waals surface area contributed by atoms with Crippen LogP contribution in [0.4, 0.5) is 8.78 Å². The van der Waals surface area contributed by atoms with Crippen LogP contribution in [0.5, 0.6) is 0 Å². The van der Waals surface area contributed by atoms with Crippen LogP contribution in [-0.2, 0) is 20.7 Å². The highest BCUT2D eigenvalue weighted by molar-refractivity contribution is 5.79. The number of carbonyl (C=O) groups excluding carboxylic acids is 2. The quantitative estimate of drug-likeness (QED) is 0.750. The second kappa shape index (κ2) is 7.57. The number of nitrogens with zero attached hydrogens (tertiary/aromatic N) is 1. The van der Waals surface area contributed by atoms with Crippen LogP contribution >= 0.6 is 0 Å². The number of esters is 1. The Morgan fingerprint density at radius 1 is 1.25 bits per heavy atom. The molecule has 0 heterocycles. The number of hydrogen-bond acceptors (Lipinski definition) is 3. The molecule has 0 aromatic heterocycles. The number of likely N-dealkylation sites (N-methyl/N-ethyl adjacent to an activating group) is 1. The third-order valence-electron chi connectivity index (χ3n) is 2.77. The van der Waals surface area contributed by atoms with E-state index < -0.39 is 23.5 Å². The average Bonchev–Trinajstić information content (AvgIpc) is 2.40. The standard InChI is InChI=1S/C14H17F2NO3/c1-3-20-14(19)7-8-17(2)13(18)9-10-11(15)5-4-6-12(10)16/h4-6H,3,7-9H2,1-2H3. The lowest BCUT2D eigenvalue weighted by Crippen LogP contribution is -2.31. The predicted molar refractivity (Wildman–Crippen MR) is 68.9 cm³/mol. The molecule has 1 aromatic carbocycles. The summed E-state index contributed by atoms with van der Waals surface area (Å²) in [5, 5.41) is 0. The maximum atomic E-state index is 13.4. The summed E-state index contributed by atoms with van der Waals surface area (Å²) in [6.07, 6.45) is -0.326. The Kier molecular flexibility index (Phi) is 6.09. The van der Waals surface area contributed by atoms with Crippen molar-refractivity contribution < 1.29 is 23.1 Å². The van der Waals surface area contributed by atoms with E-state index >= 15 is 0 Å². The van der Waals surface area contributed by atoms with Crippen LogP contribution in [0, 0.1) is 11.6 Å². The minimum absolute atomic E-state index is 0.0514. The van der Waals surface area contributed by atoms with Crippen LogP contribution in [-0.4, -0.2) is 37.0 Å². The minimum Gasteiger partial charge on any atom is -0.466 e. The monoisotopic (exact) mass is 285 g/mol. The van der Waals surface area contributed by atoms with Crippen molar-refractivity contribution in [1.29, 1.82) is 0 Å². The Bertz CT molecular complexity index is 471. The van der Waals surface area contributed by atoms with Gasteiger partial charge in [0.1, 0.15) is 11.6 Å². The summed E-state index contributed by atoms with van der Waals surface area (Å²) in [5.74, 6) is -2.38. The van der Waals surface area contributed by atoms with Crippen LogP contribution in [0.2, 0.25) is 0 Å². The molecule has 110 valence electrons. The molecule has 0 unspecified atom stereocenters. The first-order valence-electron chi connectivity index (χ1n) is 6.28. The van der Waals surface area contributed by atoms with Crippen molar-refractivity contribution in [3.05, 3.63) is 35.4 Å². The lowest BCUT2D eigenvalue weighted by molar-refractivity contribution is -0.143. The third kappa shape index (κ3) is 4.60. The Morgan fingerprint density at radius 3 is 2.40 bits per heavy atom. The normalized spacial score (nSPS) is 10.2. The number of carbonyl (C=O) groups is 2. The molecule has 1 aromatic rings. The molecule has 6 heteroatoms. The zero-order chi connectivity index (χ0) is 15.1. The summed E-state index contributed by atoms with van der Waals surface area (Å²) < 4.78 is 31.5. The Balaban J connectivity index is 2.56. The van der Waals surface area contributed by atoms with Crippen LogP contribution in [0.1, 0.15) is 18.9 Å². The van der Waals surface area contributed by atoms with E-state index in [0.29, 0.717) is 0 Å². The molecule has 0 N–H and O–H groups in total. The van der Waals surface area contributed by atoms with Gasteiger partial charge in [0.05, 0.1) is 19.4 Å². The number of amides is 1. The maximum Gasteiger partial charge on any atom is 0.307 e. The highest BCUT2D eigenvalue weighted by atomic mass is 19.1. The summed E-state index contributed by atoms with van der Waals surface area (Å²) >= 11 is 0. The fourth-order valence-electron chi connectivity index (χ4n) is 1.60. The second-order valence-electron chi connectivity index (χ2n) is 4.25. The number of ether oxygens (including phenoxy) is 1. The molecule has 20 heavy (non-hydrogen) atoms. The zero-order valence-corrected chi connectivity index (χ0v) is 11.5. The van der Waals surface area contributed by atoms with Gasteiger partial charge in [-0.25, -0.2) is 8.78 Å². The molecule has 4 nitrogen and oxygen atoms in total. The highest BCUT2D eigenvalue weighted by Gasteiger charge is 2.16. The van der Waals surface area contributed by atoms with E-state index in [1.54, 1.807) is 6.92 Å². The van der Waals surface area contributed by atoms with Gasteiger partial charge in [0, 0.05) is 19.2 Å². The Labute approximate surface area is 116 Å². The molecule has 0 spiro atoms. The van der Waals surface area contributed by atoms with Crippen molar-refractivity contribution in [2.24, 2.45) is 0 Å². The summed E-state index contributed by atoms with van der Waals surface area (Å²) in [6.45, 7) is 2.11. The summed E-state index contributed by atoms with van der Waals surface area (Å²) in [6, 6.07) is 3.44. The predicted octanol–water partition coefficient (Wildman–Crippen LogP) is 1.92. The van der Waals surface area contributed by atoms with E-state index in [4.69, 9.17) is 4.74 Å². The van der Waals surface area contributed by atoms with E-state index in [9.17, 15) is 18.4 Å². The summed E-state index contributed by atoms with van der Waals surface area (Å²) in [4.78, 5) is 24.2. The maximum absolute atomic E-state index is 13.4. The summed E-state index contributed by atoms with van der Waals surface area (Å²) in [7, 11) is 1.47. The van der Waals surface area contributed by atoms with Gasteiger partial charge in [0.15, 0.2) is 0 Å². The molecule has 0 saturated carbocycles. The molecule has 0 bridgehead atoms. The van der Waals surface area contributed by atoms with E-state index in [0.717, 1.165) is 12.1 Å². The number of benzene rings is 1. The van der Waals surface area contributed by atoms with Crippen LogP contribution in [0.3, 0.4) is 0 Å². The number of halogens is 2. The Morgan fingerprint density at radius 2 is 1.85 bits per heavy atom. The second-order valence-corrected chi connectivity index (χ2v) is 4.25. The van der Waals surface area contributed by atoms with Gasteiger partial charge in [-0.1, -0.05) is 6.07 Å². The molecule has 0 fully saturated rings. The van der Waals surface area contributed by atoms with Crippen molar-refractivity contribution in [3.63, 3.8) is 0 Å². The molecule has 1 rings (SSSR count). The van der Waals surface area contributed by atoms with Crippen LogP contribution < -0.4 is 0 Å². The van der Waals surface area contributed by atoms with E-state index in [1.165, 1.54) is 18.0 Å². The van der Waals surface area contributed by atoms with Gasteiger partial charge in [-0.3, -0.25) is 9.59 Å². The van der Waals surface area contributed by atoms with Gasteiger partial charge >= 0.3 is 5.97 Å². The Hall–Kier alpha value is -1.98. The fraction of sp³-hybridized carbons (Fsp3) is 0.429. The topological polar surface area (TPSA) is 46.6 Å². The van der Waals surface area contributed by atoms with Gasteiger partial charge < -0.3 is 9.64 Å². The van der Waals surface area contributed by atoms with E-state index in [2.05, 4.69) is 0 Å². The van der Waals surface area contributed by atoms with Crippen molar-refractivity contribution >= 4 is 11.9 Å². The molecular formula is C14H17F2NO3. The van der Waals surface area contributed by atoms with E-state index in [-0.39, 0.29) is 31.6 Å². The van der Waals surface area contributed by atoms with Crippen molar-refractivity contribution in [2.75, 3.05) is 20.2 Å². The van der Waals surface area contributed by atoms with Crippen molar-refractivity contribution in [3.8, 4) is 0 Å². The first-order valence-corrected chi connectivity index (χ1v) is 6.28. The molecule has 0 saturated heterocycles. The molecular weight excluding hydrogens is 268 g/mol. The summed E-state index contributed by atoms with van der Waals surface area (Å²) in [5.41, 5.74) is -0.263. The molecule has 0 radical (unpaired) electrons. The molecule has 1 amide bonds. The van der Waals surface area contributed by atoms with Gasteiger partial charge in [0.2, 0.25) is 5.91 Å². The number of rotatable bonds is 6. The molecule has 0 aliphatic heterocycles. The third-order valence-corrected chi connectivity index (χ3v) is 2.77. The average molecular weight is 285 g/mol. The largest absolute Gasteiger partial charge is 0.466 e. The highest BCUT2D eigenvalue weighted by Crippen LogP contribution is 2.13.